The van der Waals surface area contributed by atoms with Gasteiger partial charge in [-0.15, -0.1) is 0 Å². The van der Waals surface area contributed by atoms with Gasteiger partial charge in [-0.2, -0.15) is 0 Å². The van der Waals surface area contributed by atoms with E-state index in [2.05, 4.69) is 19.7 Å². The highest BCUT2D eigenvalue weighted by Gasteiger charge is 2.41. The molecule has 1 saturated heterocycles. The summed E-state index contributed by atoms with van der Waals surface area (Å²) in [5.74, 6) is 1.50. The first-order valence-electron chi connectivity index (χ1n) is 9.87. The molecule has 0 aromatic carbocycles. The molecule has 5 rings (SSSR count). The zero-order chi connectivity index (χ0) is 20.0. The number of rotatable bonds is 2. The number of carbonyl (C=O) groups is 1. The molecule has 0 unspecified atom stereocenters. The number of likely N-dealkylation sites (tertiary alicyclic amines) is 1. The number of fused-ring (bicyclic) bond motifs is 1. The van der Waals surface area contributed by atoms with Crippen molar-refractivity contribution in [3.05, 3.63) is 53.6 Å². The third-order valence-electron chi connectivity index (χ3n) is 6.06. The molecule has 5 heterocycles. The van der Waals surface area contributed by atoms with E-state index in [9.17, 15) is 4.79 Å². The predicted molar refractivity (Wildman–Crippen MR) is 104 cm³/mol. The van der Waals surface area contributed by atoms with E-state index < -0.39 is 0 Å². The van der Waals surface area contributed by atoms with Crippen molar-refractivity contribution in [1.29, 1.82) is 0 Å². The van der Waals surface area contributed by atoms with Gasteiger partial charge in [0, 0.05) is 31.0 Å². The van der Waals surface area contributed by atoms with Crippen molar-refractivity contribution in [3.8, 4) is 11.3 Å². The third kappa shape index (κ3) is 3.04. The van der Waals surface area contributed by atoms with E-state index in [-0.39, 0.29) is 11.5 Å². The molecule has 1 amide bonds. The molecule has 0 aliphatic carbocycles. The number of hydrogen-bond acceptors (Lipinski definition) is 6. The fourth-order valence-corrected chi connectivity index (χ4v) is 4.37. The number of aryl methyl sites for hydroxylation is 2. The molecule has 8 nitrogen and oxygen atoms in total. The molecule has 0 saturated carbocycles. The maximum Gasteiger partial charge on any atom is 0.259 e. The molecule has 0 radical (unpaired) electrons. The fraction of sp³-hybridized carbons (Fsp3) is 0.429. The van der Waals surface area contributed by atoms with E-state index in [0.29, 0.717) is 36.7 Å². The minimum absolute atomic E-state index is 0.00808. The number of carbonyl (C=O) groups excluding carboxylic acids is 1. The molecule has 29 heavy (non-hydrogen) atoms. The van der Waals surface area contributed by atoms with Gasteiger partial charge in [0.2, 0.25) is 0 Å². The zero-order valence-electron chi connectivity index (χ0n) is 16.6. The Morgan fingerprint density at radius 3 is 2.72 bits per heavy atom. The number of amides is 1. The number of hydrogen-bond donors (Lipinski definition) is 0. The largest absolute Gasteiger partial charge is 0.365 e. The van der Waals surface area contributed by atoms with Gasteiger partial charge in [-0.1, -0.05) is 5.16 Å². The van der Waals surface area contributed by atoms with Crippen LogP contribution < -0.4 is 0 Å². The van der Waals surface area contributed by atoms with Crippen molar-refractivity contribution in [2.24, 2.45) is 0 Å². The quantitative estimate of drug-likeness (QED) is 0.665. The van der Waals surface area contributed by atoms with Crippen LogP contribution in [0.1, 0.15) is 40.5 Å². The highest BCUT2D eigenvalue weighted by atomic mass is 16.5. The van der Waals surface area contributed by atoms with Crippen molar-refractivity contribution < 1.29 is 14.1 Å². The topological polar surface area (TPSA) is 86.3 Å². The SMILES string of the molecule is Cc1noc(C)c1C(=O)N1CCC2(CC1)Cn1c(-c3cccnc3)cnc1CO2. The molecule has 1 fully saturated rings. The van der Waals surface area contributed by atoms with Crippen molar-refractivity contribution in [1.82, 2.24) is 24.6 Å². The highest BCUT2D eigenvalue weighted by molar-refractivity contribution is 5.96. The Balaban J connectivity index is 1.34. The zero-order valence-corrected chi connectivity index (χ0v) is 16.6. The van der Waals surface area contributed by atoms with Gasteiger partial charge < -0.3 is 18.7 Å². The summed E-state index contributed by atoms with van der Waals surface area (Å²) in [7, 11) is 0. The van der Waals surface area contributed by atoms with E-state index in [1.165, 1.54) is 0 Å². The summed E-state index contributed by atoms with van der Waals surface area (Å²) in [5.41, 5.74) is 3.06. The first-order chi connectivity index (χ1) is 14.1. The predicted octanol–water partition coefficient (Wildman–Crippen LogP) is 2.76. The van der Waals surface area contributed by atoms with E-state index in [1.54, 1.807) is 20.0 Å². The van der Waals surface area contributed by atoms with Gasteiger partial charge in [-0.25, -0.2) is 4.98 Å². The van der Waals surface area contributed by atoms with E-state index >= 15 is 0 Å². The summed E-state index contributed by atoms with van der Waals surface area (Å²) in [6.45, 7) is 6.10. The highest BCUT2D eigenvalue weighted by Crippen LogP contribution is 2.36. The van der Waals surface area contributed by atoms with Crippen LogP contribution in [0.15, 0.2) is 35.2 Å². The van der Waals surface area contributed by atoms with Crippen molar-refractivity contribution >= 4 is 5.91 Å². The minimum atomic E-state index is -0.278. The molecule has 3 aromatic heterocycles. The molecule has 0 bridgehead atoms. The lowest BCUT2D eigenvalue weighted by atomic mass is 9.89. The Morgan fingerprint density at radius 2 is 2.03 bits per heavy atom. The maximum atomic E-state index is 12.9. The van der Waals surface area contributed by atoms with Crippen LogP contribution in [0.25, 0.3) is 11.3 Å². The first kappa shape index (κ1) is 18.1. The van der Waals surface area contributed by atoms with Crippen LogP contribution in [0.2, 0.25) is 0 Å². The van der Waals surface area contributed by atoms with Crippen LogP contribution in [-0.4, -0.2) is 49.2 Å². The average Bonchev–Trinajstić information content (AvgIpc) is 3.31. The normalized spacial score (nSPS) is 18.1. The average molecular weight is 393 g/mol. The molecule has 3 aromatic rings. The number of aromatic nitrogens is 4. The van der Waals surface area contributed by atoms with Gasteiger partial charge in [0.05, 0.1) is 29.7 Å². The standard InChI is InChI=1S/C21H23N5O3/c1-14-19(15(2)29-24-14)20(27)25-8-5-21(6-9-25)13-26-17(11-23-18(26)12-28-21)16-4-3-7-22-10-16/h3-4,7,10-11H,5-6,8-9,12-13H2,1-2H3. The molecule has 8 heteroatoms. The lowest BCUT2D eigenvalue weighted by molar-refractivity contribution is -0.117. The van der Waals surface area contributed by atoms with Gasteiger partial charge in [0.25, 0.3) is 5.91 Å². The molecule has 1 spiro atoms. The Morgan fingerprint density at radius 1 is 1.21 bits per heavy atom. The van der Waals surface area contributed by atoms with Crippen LogP contribution in [-0.2, 0) is 17.9 Å². The second-order valence-corrected chi connectivity index (χ2v) is 7.85. The number of ether oxygens (including phenoxy) is 1. The number of imidazole rings is 1. The van der Waals surface area contributed by atoms with E-state index in [0.717, 1.165) is 36.5 Å². The summed E-state index contributed by atoms with van der Waals surface area (Å²) >= 11 is 0. The van der Waals surface area contributed by atoms with E-state index in [1.807, 2.05) is 29.4 Å². The van der Waals surface area contributed by atoms with Crippen LogP contribution in [0.3, 0.4) is 0 Å². The van der Waals surface area contributed by atoms with Crippen molar-refractivity contribution in [2.75, 3.05) is 13.1 Å². The number of pyridine rings is 1. The molecule has 2 aliphatic heterocycles. The van der Waals surface area contributed by atoms with E-state index in [4.69, 9.17) is 9.26 Å². The molecule has 2 aliphatic rings. The summed E-state index contributed by atoms with van der Waals surface area (Å²) in [4.78, 5) is 23.6. The van der Waals surface area contributed by atoms with Gasteiger partial charge in [0.1, 0.15) is 23.8 Å². The molecular formula is C21H23N5O3. The van der Waals surface area contributed by atoms with Crippen LogP contribution in [0.5, 0.6) is 0 Å². The van der Waals surface area contributed by atoms with Crippen LogP contribution in [0, 0.1) is 13.8 Å². The number of piperidine rings is 1. The Bertz CT molecular complexity index is 1030. The molecule has 150 valence electrons. The van der Waals surface area contributed by atoms with Crippen LogP contribution >= 0.6 is 0 Å². The Labute approximate surface area is 168 Å². The van der Waals surface area contributed by atoms with Crippen molar-refractivity contribution in [2.45, 2.75) is 45.4 Å². The minimum Gasteiger partial charge on any atom is -0.365 e. The second-order valence-electron chi connectivity index (χ2n) is 7.85. The number of nitrogens with zero attached hydrogens (tertiary/aromatic N) is 5. The monoisotopic (exact) mass is 393 g/mol. The fourth-order valence-electron chi connectivity index (χ4n) is 4.37. The van der Waals surface area contributed by atoms with Gasteiger partial charge in [0.15, 0.2) is 0 Å². The molecular weight excluding hydrogens is 370 g/mol. The van der Waals surface area contributed by atoms with Gasteiger partial charge >= 0.3 is 0 Å². The van der Waals surface area contributed by atoms with Gasteiger partial charge in [-0.05, 0) is 38.8 Å². The third-order valence-corrected chi connectivity index (χ3v) is 6.06. The summed E-state index contributed by atoms with van der Waals surface area (Å²) in [6, 6.07) is 3.98. The lowest BCUT2D eigenvalue weighted by Gasteiger charge is -2.44. The first-order valence-corrected chi connectivity index (χ1v) is 9.87. The molecule has 0 N–H and O–H groups in total. The Hall–Kier alpha value is -3.00. The van der Waals surface area contributed by atoms with Crippen molar-refractivity contribution in [3.63, 3.8) is 0 Å². The smallest absolute Gasteiger partial charge is 0.259 e. The summed E-state index contributed by atoms with van der Waals surface area (Å²) in [5, 5.41) is 3.91. The van der Waals surface area contributed by atoms with Gasteiger partial charge in [-0.3, -0.25) is 9.78 Å². The molecule has 0 atom stereocenters. The second kappa shape index (κ2) is 6.81. The lowest BCUT2D eigenvalue weighted by Crippen LogP contribution is -2.52. The summed E-state index contributed by atoms with van der Waals surface area (Å²) in [6.07, 6.45) is 7.09. The van der Waals surface area contributed by atoms with Crippen LogP contribution in [0.4, 0.5) is 0 Å². The Kier molecular flexibility index (Phi) is 4.24. The summed E-state index contributed by atoms with van der Waals surface area (Å²) < 4.78 is 13.7. The maximum absolute atomic E-state index is 12.9.